The minimum absolute atomic E-state index is 0.652. The largest absolute Gasteiger partial charge is 0.301 e. The summed E-state index contributed by atoms with van der Waals surface area (Å²) < 4.78 is 0. The molecule has 46 valence electrons. The lowest BCUT2D eigenvalue weighted by molar-refractivity contribution is 0.609. The van der Waals surface area contributed by atoms with Gasteiger partial charge in [0, 0.05) is 7.05 Å². The molecular weight excluding hydrogens is 98.1 g/mol. The van der Waals surface area contributed by atoms with Crippen molar-refractivity contribution in [1.29, 1.82) is 0 Å². The number of hydrogen-bond donors (Lipinski definition) is 0. The lowest BCUT2D eigenvalue weighted by Gasteiger charge is -1.98. The Morgan fingerprint density at radius 2 is 2.25 bits per heavy atom. The van der Waals surface area contributed by atoms with Crippen LogP contribution < -0.4 is 0 Å². The second-order valence-corrected chi connectivity index (χ2v) is 2.96. The van der Waals surface area contributed by atoms with E-state index in [1.807, 2.05) is 13.3 Å². The summed E-state index contributed by atoms with van der Waals surface area (Å²) in [5.74, 6) is 0. The van der Waals surface area contributed by atoms with Gasteiger partial charge in [0.15, 0.2) is 0 Å². The molecule has 0 radical (unpaired) electrons. The minimum Gasteiger partial charge on any atom is -0.301 e. The molecule has 0 saturated heterocycles. The summed E-state index contributed by atoms with van der Waals surface area (Å²) in [5, 5.41) is 0. The zero-order valence-electron chi connectivity index (χ0n) is 5.65. The van der Waals surface area contributed by atoms with Crippen molar-refractivity contribution in [2.24, 2.45) is 10.4 Å². The van der Waals surface area contributed by atoms with Crippen LogP contribution in [-0.4, -0.2) is 13.3 Å². The van der Waals surface area contributed by atoms with Crippen LogP contribution in [0.5, 0.6) is 0 Å². The van der Waals surface area contributed by atoms with E-state index in [0.29, 0.717) is 5.41 Å². The first-order valence-electron chi connectivity index (χ1n) is 3.17. The van der Waals surface area contributed by atoms with Gasteiger partial charge in [0.25, 0.3) is 0 Å². The zero-order chi connectivity index (χ0) is 6.04. The summed E-state index contributed by atoms with van der Waals surface area (Å²) >= 11 is 0. The molecule has 0 spiro atoms. The predicted molar refractivity (Wildman–Crippen MR) is 36.4 cm³/mol. The molecule has 0 N–H and O–H groups in total. The van der Waals surface area contributed by atoms with Gasteiger partial charge in [-0.3, -0.25) is 0 Å². The molecule has 0 amide bonds. The summed E-state index contributed by atoms with van der Waals surface area (Å²) in [6, 6.07) is 0. The maximum atomic E-state index is 3.94. The van der Waals surface area contributed by atoms with Gasteiger partial charge in [-0.25, -0.2) is 0 Å². The molecule has 0 aromatic heterocycles. The topological polar surface area (TPSA) is 12.4 Å². The Morgan fingerprint density at radius 3 is 2.62 bits per heavy atom. The van der Waals surface area contributed by atoms with Gasteiger partial charge >= 0.3 is 0 Å². The monoisotopic (exact) mass is 111 g/mol. The second kappa shape index (κ2) is 1.88. The molecule has 0 bridgehead atoms. The first-order valence-corrected chi connectivity index (χ1v) is 3.17. The normalized spacial score (nSPS) is 24.2. The maximum Gasteiger partial charge on any atom is 0.0273 e. The summed E-state index contributed by atoms with van der Waals surface area (Å²) in [5.41, 5.74) is 0.652. The Balaban J connectivity index is 2.19. The van der Waals surface area contributed by atoms with Gasteiger partial charge in [-0.1, -0.05) is 6.92 Å². The summed E-state index contributed by atoms with van der Waals surface area (Å²) in [7, 11) is 1.84. The van der Waals surface area contributed by atoms with Crippen molar-refractivity contribution in [1.82, 2.24) is 0 Å². The number of aliphatic imine (C=N–C) groups is 1. The van der Waals surface area contributed by atoms with Gasteiger partial charge in [-0.05, 0) is 30.9 Å². The molecular formula is C7H13N. The van der Waals surface area contributed by atoms with Crippen LogP contribution in [0.2, 0.25) is 0 Å². The van der Waals surface area contributed by atoms with Crippen LogP contribution >= 0.6 is 0 Å². The maximum absolute atomic E-state index is 3.94. The van der Waals surface area contributed by atoms with Crippen molar-refractivity contribution in [3.63, 3.8) is 0 Å². The highest BCUT2D eigenvalue weighted by molar-refractivity contribution is 5.58. The number of nitrogens with zero attached hydrogens (tertiary/aromatic N) is 1. The average molecular weight is 111 g/mol. The Labute approximate surface area is 50.8 Å². The molecule has 0 heterocycles. The fourth-order valence-corrected chi connectivity index (χ4v) is 0.729. The summed E-state index contributed by atoms with van der Waals surface area (Å²) in [4.78, 5) is 3.94. The molecule has 1 nitrogen and oxygen atoms in total. The molecule has 1 aliphatic carbocycles. The highest BCUT2D eigenvalue weighted by Crippen LogP contribution is 2.47. The van der Waals surface area contributed by atoms with E-state index >= 15 is 0 Å². The molecule has 8 heavy (non-hydrogen) atoms. The van der Waals surface area contributed by atoms with Crippen LogP contribution in [0, 0.1) is 5.41 Å². The molecule has 1 aliphatic rings. The van der Waals surface area contributed by atoms with Crippen LogP contribution in [0.1, 0.15) is 26.2 Å². The molecule has 1 fully saturated rings. The fourth-order valence-electron chi connectivity index (χ4n) is 0.729. The van der Waals surface area contributed by atoms with E-state index < -0.39 is 0 Å². The SMILES string of the molecule is CN=CCC1(C)CC1. The summed E-state index contributed by atoms with van der Waals surface area (Å²) in [6.07, 6.45) is 6.01. The lowest BCUT2D eigenvalue weighted by Crippen LogP contribution is -1.91. The van der Waals surface area contributed by atoms with Gasteiger partial charge in [-0.15, -0.1) is 0 Å². The Bertz CT molecular complexity index is 101. The molecule has 0 aromatic carbocycles. The van der Waals surface area contributed by atoms with Crippen LogP contribution in [0.4, 0.5) is 0 Å². The highest BCUT2D eigenvalue weighted by atomic mass is 14.6. The molecule has 1 saturated carbocycles. The third-order valence-corrected chi connectivity index (χ3v) is 1.87. The van der Waals surface area contributed by atoms with Crippen molar-refractivity contribution in [3.8, 4) is 0 Å². The van der Waals surface area contributed by atoms with Gasteiger partial charge in [-0.2, -0.15) is 0 Å². The standard InChI is InChI=1S/C7H13N/c1-7(3-4-7)5-6-8-2/h6H,3-5H2,1-2H3. The lowest BCUT2D eigenvalue weighted by atomic mass is 10.1. The second-order valence-electron chi connectivity index (χ2n) is 2.96. The van der Waals surface area contributed by atoms with Crippen molar-refractivity contribution in [3.05, 3.63) is 0 Å². The van der Waals surface area contributed by atoms with Crippen LogP contribution in [-0.2, 0) is 0 Å². The third kappa shape index (κ3) is 1.32. The van der Waals surface area contributed by atoms with E-state index in [-0.39, 0.29) is 0 Å². The Hall–Kier alpha value is -0.330. The molecule has 0 aliphatic heterocycles. The molecule has 1 heteroatoms. The fraction of sp³-hybridized carbons (Fsp3) is 0.857. The molecule has 0 aromatic rings. The van der Waals surface area contributed by atoms with Crippen molar-refractivity contribution in [2.45, 2.75) is 26.2 Å². The molecule has 0 unspecified atom stereocenters. The van der Waals surface area contributed by atoms with Gasteiger partial charge in [0.05, 0.1) is 0 Å². The van der Waals surface area contributed by atoms with Crippen LogP contribution in [0.25, 0.3) is 0 Å². The van der Waals surface area contributed by atoms with E-state index in [9.17, 15) is 0 Å². The Morgan fingerprint density at radius 1 is 1.62 bits per heavy atom. The third-order valence-electron chi connectivity index (χ3n) is 1.87. The zero-order valence-corrected chi connectivity index (χ0v) is 5.65. The summed E-state index contributed by atoms with van der Waals surface area (Å²) in [6.45, 7) is 2.31. The van der Waals surface area contributed by atoms with Crippen molar-refractivity contribution in [2.75, 3.05) is 7.05 Å². The Kier molecular flexibility index (Phi) is 1.37. The molecule has 1 rings (SSSR count). The average Bonchev–Trinajstić information content (AvgIpc) is 2.45. The van der Waals surface area contributed by atoms with Gasteiger partial charge < -0.3 is 4.99 Å². The van der Waals surface area contributed by atoms with E-state index in [4.69, 9.17) is 0 Å². The van der Waals surface area contributed by atoms with E-state index in [0.717, 1.165) is 0 Å². The van der Waals surface area contributed by atoms with Crippen molar-refractivity contribution >= 4 is 6.21 Å². The quantitative estimate of drug-likeness (QED) is 0.482. The first kappa shape index (κ1) is 5.80. The van der Waals surface area contributed by atoms with Gasteiger partial charge in [0.2, 0.25) is 0 Å². The smallest absolute Gasteiger partial charge is 0.0273 e. The van der Waals surface area contributed by atoms with E-state index in [1.54, 1.807) is 0 Å². The van der Waals surface area contributed by atoms with Gasteiger partial charge in [0.1, 0.15) is 0 Å². The molecule has 0 atom stereocenters. The predicted octanol–water partition coefficient (Wildman–Crippen LogP) is 1.88. The van der Waals surface area contributed by atoms with E-state index in [1.165, 1.54) is 19.3 Å². The number of rotatable bonds is 2. The first-order chi connectivity index (χ1) is 3.77. The van der Waals surface area contributed by atoms with Crippen molar-refractivity contribution < 1.29 is 0 Å². The van der Waals surface area contributed by atoms with E-state index in [2.05, 4.69) is 11.9 Å². The number of hydrogen-bond acceptors (Lipinski definition) is 1. The van der Waals surface area contributed by atoms with Crippen LogP contribution in [0.15, 0.2) is 4.99 Å². The highest BCUT2D eigenvalue weighted by Gasteiger charge is 2.35. The minimum atomic E-state index is 0.652. The van der Waals surface area contributed by atoms with Crippen LogP contribution in [0.3, 0.4) is 0 Å².